The average Bonchev–Trinajstić information content (AvgIpc) is 4.04. The normalized spacial score (nSPS) is 20.4. The number of aromatic nitrogens is 6. The zero-order chi connectivity index (χ0) is 45.5. The number of amides is 4. The van der Waals surface area contributed by atoms with Crippen LogP contribution in [0, 0.1) is 0 Å². The molecule has 0 radical (unpaired) electrons. The number of allylic oxidation sites excluding steroid dienone is 1. The molecule has 0 saturated carbocycles. The van der Waals surface area contributed by atoms with Crippen LogP contribution in [0.5, 0.6) is 0 Å². The van der Waals surface area contributed by atoms with Gasteiger partial charge in [0.05, 0.1) is 47.9 Å². The number of rotatable bonds is 8. The van der Waals surface area contributed by atoms with Crippen molar-refractivity contribution >= 4 is 47.6 Å². The minimum absolute atomic E-state index is 0.0439. The van der Waals surface area contributed by atoms with Crippen LogP contribution < -0.4 is 25.8 Å². The summed E-state index contributed by atoms with van der Waals surface area (Å²) < 4.78 is 76.2. The van der Waals surface area contributed by atoms with Crippen molar-refractivity contribution in [2.75, 3.05) is 55.6 Å². The lowest BCUT2D eigenvalue weighted by Gasteiger charge is -2.40. The first-order valence-corrected chi connectivity index (χ1v) is 19.5. The summed E-state index contributed by atoms with van der Waals surface area (Å²) in [4.78, 5) is 70.6. The standard InChI is InChI=1S/C20H21F3N6O2.C16H18F3N5O.C3H4N2O2/c1-12-10-28(4-5-29(12)18-3-2-14(9-24-18)20(21,22)23)11-13-8-25-27-15(13)6-16-17(30)7-19(31)26-16;1-11-8-23(9-12-6-21-22-14(12)10-25)4-5-24(11)15-3-2-13(7-20-15)16(17,18)19;6-2-1-4-3(7)5-2/h2-3,6,8-9,12H,4-5,7,10-11H2,1H3,(H,25,27)(H,26,31);2-3,6-7,10-11H,4-5,8-9H2,1H3,(H,21,22);1H2,(H2,4,5,6,7)/b16-6-;;/t12-;11-;/m11./s1. The van der Waals surface area contributed by atoms with Crippen LogP contribution in [-0.2, 0) is 39.8 Å². The smallest absolute Gasteiger partial charge is 0.351 e. The van der Waals surface area contributed by atoms with Gasteiger partial charge in [0.2, 0.25) is 11.8 Å². The number of alkyl halides is 6. The number of urea groups is 1. The molecule has 4 aromatic rings. The zero-order valence-electron chi connectivity index (χ0n) is 33.9. The molecule has 336 valence electrons. The summed E-state index contributed by atoms with van der Waals surface area (Å²) in [5.74, 6) is 0.224. The van der Waals surface area contributed by atoms with E-state index < -0.39 is 29.5 Å². The number of pyridine rings is 2. The van der Waals surface area contributed by atoms with Gasteiger partial charge >= 0.3 is 18.4 Å². The van der Waals surface area contributed by atoms with E-state index in [4.69, 9.17) is 0 Å². The van der Waals surface area contributed by atoms with Crippen molar-refractivity contribution in [2.45, 2.75) is 57.8 Å². The molecule has 4 aromatic heterocycles. The first kappa shape index (κ1) is 45.8. The summed E-state index contributed by atoms with van der Waals surface area (Å²) in [5, 5.41) is 20.3. The molecule has 4 aliphatic heterocycles. The lowest BCUT2D eigenvalue weighted by molar-refractivity contribution is -0.138. The molecule has 8 heterocycles. The lowest BCUT2D eigenvalue weighted by atomic mass is 10.1. The number of hydrogen-bond donors (Lipinski definition) is 5. The van der Waals surface area contributed by atoms with E-state index in [-0.39, 0.29) is 48.3 Å². The first-order chi connectivity index (χ1) is 29.9. The third-order valence-corrected chi connectivity index (χ3v) is 10.4. The van der Waals surface area contributed by atoms with E-state index in [1.807, 2.05) is 29.0 Å². The number of aromatic amines is 2. The Morgan fingerprint density at radius 2 is 1.19 bits per heavy atom. The van der Waals surface area contributed by atoms with Gasteiger partial charge in [-0.05, 0) is 44.2 Å². The topological polar surface area (TPSA) is 218 Å². The van der Waals surface area contributed by atoms with Crippen LogP contribution in [-0.4, -0.2) is 128 Å². The highest BCUT2D eigenvalue weighted by Gasteiger charge is 2.33. The van der Waals surface area contributed by atoms with Crippen molar-refractivity contribution < 1.29 is 50.3 Å². The number of imide groups is 1. The molecule has 0 unspecified atom stereocenters. The molecule has 24 heteroatoms. The molecule has 5 N–H and O–H groups in total. The van der Waals surface area contributed by atoms with Gasteiger partial charge in [-0.2, -0.15) is 36.5 Å². The molecule has 4 amide bonds. The van der Waals surface area contributed by atoms with Gasteiger partial charge < -0.3 is 20.4 Å². The number of H-pyrrole nitrogens is 2. The van der Waals surface area contributed by atoms with Gasteiger partial charge in [0.25, 0.3) is 0 Å². The molecule has 0 spiro atoms. The molecule has 63 heavy (non-hydrogen) atoms. The number of carbonyl (C=O) groups is 5. The Morgan fingerprint density at radius 1 is 0.683 bits per heavy atom. The van der Waals surface area contributed by atoms with Gasteiger partial charge in [0, 0.05) is 88.0 Å². The first-order valence-electron chi connectivity index (χ1n) is 19.5. The maximum Gasteiger partial charge on any atom is 0.417 e. The van der Waals surface area contributed by atoms with Gasteiger partial charge in [-0.1, -0.05) is 0 Å². The minimum Gasteiger partial charge on any atom is -0.351 e. The van der Waals surface area contributed by atoms with Crippen molar-refractivity contribution in [1.82, 2.24) is 56.1 Å². The number of ketones is 1. The van der Waals surface area contributed by atoms with Gasteiger partial charge in [-0.15, -0.1) is 0 Å². The van der Waals surface area contributed by atoms with Crippen molar-refractivity contribution in [3.05, 3.63) is 88.4 Å². The number of hydrogen-bond acceptors (Lipinski definition) is 13. The Bertz CT molecular complexity index is 2280. The van der Waals surface area contributed by atoms with E-state index in [9.17, 15) is 50.3 Å². The molecule has 8 rings (SSSR count). The summed E-state index contributed by atoms with van der Waals surface area (Å²) in [6.07, 6.45) is -1.53. The zero-order valence-corrected chi connectivity index (χ0v) is 33.9. The number of Topliss-reactive ketones (excluding diaryl/α,β-unsaturated/α-hetero) is 1. The summed E-state index contributed by atoms with van der Waals surface area (Å²) >= 11 is 0. The van der Waals surface area contributed by atoms with Crippen LogP contribution in [0.1, 0.15) is 58.7 Å². The maximum atomic E-state index is 12.8. The number of anilines is 2. The quantitative estimate of drug-likeness (QED) is 0.0566. The molecule has 0 aliphatic carbocycles. The largest absolute Gasteiger partial charge is 0.417 e. The van der Waals surface area contributed by atoms with Crippen molar-refractivity contribution in [2.24, 2.45) is 0 Å². The highest BCUT2D eigenvalue weighted by Crippen LogP contribution is 2.31. The number of nitrogens with zero attached hydrogens (tertiary/aromatic N) is 8. The Balaban J connectivity index is 0.000000184. The van der Waals surface area contributed by atoms with E-state index in [0.717, 1.165) is 48.5 Å². The number of piperazine rings is 2. The predicted molar refractivity (Wildman–Crippen MR) is 212 cm³/mol. The summed E-state index contributed by atoms with van der Waals surface area (Å²) in [5.41, 5.74) is 1.59. The molecular weight excluding hydrogens is 845 g/mol. The highest BCUT2D eigenvalue weighted by molar-refractivity contribution is 6.16. The van der Waals surface area contributed by atoms with Crippen LogP contribution in [0.4, 0.5) is 42.8 Å². The molecule has 2 atom stereocenters. The Morgan fingerprint density at radius 3 is 1.56 bits per heavy atom. The molecule has 4 fully saturated rings. The van der Waals surface area contributed by atoms with E-state index in [0.29, 0.717) is 68.8 Å². The second-order valence-electron chi connectivity index (χ2n) is 15.0. The van der Waals surface area contributed by atoms with E-state index >= 15 is 0 Å². The minimum atomic E-state index is -4.40. The maximum absolute atomic E-state index is 12.8. The van der Waals surface area contributed by atoms with Gasteiger partial charge in [-0.25, -0.2) is 14.8 Å². The monoisotopic (exact) mass is 887 g/mol. The molecular formula is C39H43F6N13O5. The van der Waals surface area contributed by atoms with Gasteiger partial charge in [-0.3, -0.25) is 44.5 Å². The molecule has 0 aromatic carbocycles. The van der Waals surface area contributed by atoms with Crippen LogP contribution in [0.15, 0.2) is 54.7 Å². The fourth-order valence-electron chi connectivity index (χ4n) is 7.23. The lowest BCUT2D eigenvalue weighted by Crippen LogP contribution is -2.51. The third kappa shape index (κ3) is 12.0. The summed E-state index contributed by atoms with van der Waals surface area (Å²) in [7, 11) is 0. The van der Waals surface area contributed by atoms with Gasteiger partial charge in [0.1, 0.15) is 17.3 Å². The van der Waals surface area contributed by atoms with E-state index in [1.54, 1.807) is 18.5 Å². The van der Waals surface area contributed by atoms with Crippen LogP contribution in [0.3, 0.4) is 0 Å². The molecule has 18 nitrogen and oxygen atoms in total. The Kier molecular flexibility index (Phi) is 14.2. The van der Waals surface area contributed by atoms with Gasteiger partial charge in [0.15, 0.2) is 12.1 Å². The van der Waals surface area contributed by atoms with Crippen LogP contribution >= 0.6 is 0 Å². The predicted octanol–water partition coefficient (Wildman–Crippen LogP) is 3.14. The summed E-state index contributed by atoms with van der Waals surface area (Å²) in [6, 6.07) is 4.66. The second-order valence-corrected chi connectivity index (χ2v) is 15.0. The fraction of sp³-hybridized carbons (Fsp3) is 0.410. The number of aldehydes is 1. The number of halogens is 6. The van der Waals surface area contributed by atoms with Crippen LogP contribution in [0.25, 0.3) is 6.08 Å². The fourth-order valence-corrected chi connectivity index (χ4v) is 7.23. The van der Waals surface area contributed by atoms with E-state index in [1.165, 1.54) is 12.1 Å². The Hall–Kier alpha value is -6.69. The van der Waals surface area contributed by atoms with Crippen molar-refractivity contribution in [1.29, 1.82) is 0 Å². The molecule has 4 saturated heterocycles. The van der Waals surface area contributed by atoms with Crippen molar-refractivity contribution in [3.63, 3.8) is 0 Å². The Labute approximate surface area is 355 Å². The molecule has 0 bridgehead atoms. The third-order valence-electron chi connectivity index (χ3n) is 10.4. The van der Waals surface area contributed by atoms with Crippen LogP contribution in [0.2, 0.25) is 0 Å². The second kappa shape index (κ2) is 19.6. The average molecular weight is 888 g/mol. The molecule has 4 aliphatic rings. The van der Waals surface area contributed by atoms with E-state index in [2.05, 4.69) is 50.8 Å². The van der Waals surface area contributed by atoms with Crippen molar-refractivity contribution in [3.8, 4) is 0 Å². The number of carbonyl (C=O) groups excluding carboxylic acids is 5. The SMILES string of the molecule is C[C@@H]1CN(Cc2cn[nH]c2/C=C2\NC(=O)CC2=O)CCN1c1ccc(C(F)(F)F)cn1.C[C@@H]1CN(Cc2cn[nH]c2C=O)CCN1c1ccc(C(F)(F)F)cn1.O=C1CNC(=O)N1. The highest BCUT2D eigenvalue weighted by atomic mass is 19.4. The summed E-state index contributed by atoms with van der Waals surface area (Å²) in [6.45, 7) is 9.36. The number of nitrogens with one attached hydrogen (secondary N) is 5.